The van der Waals surface area contributed by atoms with Crippen molar-refractivity contribution in [2.45, 2.75) is 69.6 Å². The van der Waals surface area contributed by atoms with Crippen LogP contribution in [0.4, 0.5) is 22.0 Å². The summed E-state index contributed by atoms with van der Waals surface area (Å²) in [6.45, 7) is -0.717. The van der Waals surface area contributed by atoms with Gasteiger partial charge in [0.25, 0.3) is 5.91 Å². The molecule has 0 spiro atoms. The molecule has 2 aliphatic carbocycles. The van der Waals surface area contributed by atoms with E-state index in [2.05, 4.69) is 40.4 Å². The van der Waals surface area contributed by atoms with E-state index in [0.717, 1.165) is 12.8 Å². The number of halogens is 5. The third-order valence-electron chi connectivity index (χ3n) is 7.33. The van der Waals surface area contributed by atoms with Gasteiger partial charge in [0.2, 0.25) is 11.8 Å². The molecule has 2 saturated carbocycles. The van der Waals surface area contributed by atoms with Crippen molar-refractivity contribution in [3.8, 4) is 0 Å². The first-order valence-electron chi connectivity index (χ1n) is 13.2. The van der Waals surface area contributed by atoms with Crippen molar-refractivity contribution in [1.29, 1.82) is 0 Å². The van der Waals surface area contributed by atoms with Gasteiger partial charge in [-0.1, -0.05) is 5.16 Å². The van der Waals surface area contributed by atoms with Crippen molar-refractivity contribution in [1.82, 2.24) is 35.5 Å². The normalized spacial score (nSPS) is 19.2. The second-order valence-electron chi connectivity index (χ2n) is 10.6. The number of nitrogens with one attached hydrogen (secondary N) is 2. The lowest BCUT2D eigenvalue weighted by atomic mass is 9.81. The number of hydrogen-bond acceptors (Lipinski definition) is 8. The third-order valence-corrected chi connectivity index (χ3v) is 7.33. The highest BCUT2D eigenvalue weighted by molar-refractivity contribution is 5.93. The van der Waals surface area contributed by atoms with Gasteiger partial charge in [0.05, 0.1) is 30.2 Å². The molecule has 2 N–H and O–H groups in total. The van der Waals surface area contributed by atoms with Gasteiger partial charge < -0.3 is 15.4 Å². The summed E-state index contributed by atoms with van der Waals surface area (Å²) in [5.74, 6) is -4.30. The van der Waals surface area contributed by atoms with Crippen LogP contribution in [-0.2, 0) is 9.53 Å². The van der Waals surface area contributed by atoms with E-state index in [0.29, 0.717) is 16.9 Å². The number of amides is 2. The first-order valence-corrected chi connectivity index (χ1v) is 13.2. The Bertz CT molecular complexity index is 1390. The van der Waals surface area contributed by atoms with Crippen LogP contribution in [0.25, 0.3) is 5.65 Å². The molecular formula is C25H28F5N7O4. The summed E-state index contributed by atoms with van der Waals surface area (Å²) in [5, 5.41) is 17.2. The van der Waals surface area contributed by atoms with E-state index >= 15 is 0 Å². The molecule has 2 aliphatic rings. The van der Waals surface area contributed by atoms with Gasteiger partial charge in [-0.3, -0.25) is 9.59 Å². The van der Waals surface area contributed by atoms with E-state index in [4.69, 9.17) is 0 Å². The SMILES string of the molecule is Cc1nonc1C(=O)N[C@H](c1cn2ncc(C(NC(=O)COCC(F)(F)F)C3CC3)cc2n1)C1CCC(F)(F)CC1. The van der Waals surface area contributed by atoms with Crippen LogP contribution < -0.4 is 10.6 Å². The lowest BCUT2D eigenvalue weighted by Crippen LogP contribution is -2.37. The Labute approximate surface area is 230 Å². The first kappa shape index (κ1) is 28.8. The number of rotatable bonds is 10. The van der Waals surface area contributed by atoms with E-state index in [1.54, 1.807) is 19.2 Å². The van der Waals surface area contributed by atoms with E-state index < -0.39 is 49.2 Å². The van der Waals surface area contributed by atoms with Gasteiger partial charge >= 0.3 is 6.18 Å². The molecule has 0 aliphatic heterocycles. The molecule has 3 heterocycles. The standard InChI is InChI=1S/C25H28F5N7O4/c1-13-20(36-41-35-13)23(39)34-22(15-4-6-24(26,27)7-5-15)17-10-37-18(32-17)8-16(9-31-37)21(14-2-3-14)33-19(38)11-40-12-25(28,29)30/h8-10,14-15,21-22H,2-7,11-12H2,1H3,(H,33,38)(H,34,39)/t21?,22-/m0/s1. The average Bonchev–Trinajstić information content (AvgIpc) is 3.50. The van der Waals surface area contributed by atoms with Gasteiger partial charge in [0, 0.05) is 12.8 Å². The Balaban J connectivity index is 1.36. The highest BCUT2D eigenvalue weighted by atomic mass is 19.4. The van der Waals surface area contributed by atoms with Crippen LogP contribution >= 0.6 is 0 Å². The highest BCUT2D eigenvalue weighted by Gasteiger charge is 2.40. The largest absolute Gasteiger partial charge is 0.411 e. The number of carbonyl (C=O) groups is 2. The number of hydrogen-bond donors (Lipinski definition) is 2. The number of aromatic nitrogens is 5. The predicted octanol–water partition coefficient (Wildman–Crippen LogP) is 3.86. The Morgan fingerprint density at radius 2 is 1.83 bits per heavy atom. The fourth-order valence-electron chi connectivity index (χ4n) is 5.08. The Hall–Kier alpha value is -3.69. The molecule has 16 heteroatoms. The molecule has 0 bridgehead atoms. The van der Waals surface area contributed by atoms with E-state index in [1.165, 1.54) is 10.7 Å². The molecule has 2 atom stereocenters. The number of nitrogens with zero attached hydrogens (tertiary/aromatic N) is 5. The maximum atomic E-state index is 13.9. The van der Waals surface area contributed by atoms with Gasteiger partial charge in [0.1, 0.15) is 18.9 Å². The zero-order valence-electron chi connectivity index (χ0n) is 22.0. The summed E-state index contributed by atoms with van der Waals surface area (Å²) >= 11 is 0. The number of imidazole rings is 1. The Kier molecular flexibility index (Phi) is 7.94. The quantitative estimate of drug-likeness (QED) is 0.343. The molecule has 0 radical (unpaired) electrons. The Morgan fingerprint density at radius 1 is 1.12 bits per heavy atom. The van der Waals surface area contributed by atoms with Gasteiger partial charge in [-0.05, 0) is 61.2 Å². The van der Waals surface area contributed by atoms with Gasteiger partial charge in [-0.15, -0.1) is 0 Å². The smallest absolute Gasteiger partial charge is 0.362 e. The van der Waals surface area contributed by atoms with E-state index in [1.807, 2.05) is 0 Å². The maximum Gasteiger partial charge on any atom is 0.411 e. The minimum atomic E-state index is -4.54. The number of aryl methyl sites for hydroxylation is 1. The summed E-state index contributed by atoms with van der Waals surface area (Å²) in [5.41, 5.74) is 1.63. The summed E-state index contributed by atoms with van der Waals surface area (Å²) in [6.07, 6.45) is -0.104. The monoisotopic (exact) mass is 585 g/mol. The van der Waals surface area contributed by atoms with Crippen LogP contribution in [0, 0.1) is 18.8 Å². The molecule has 3 aromatic heterocycles. The molecule has 1 unspecified atom stereocenters. The topological polar surface area (TPSA) is 137 Å². The van der Waals surface area contributed by atoms with Crippen molar-refractivity contribution in [3.63, 3.8) is 0 Å². The zero-order chi connectivity index (χ0) is 29.4. The summed E-state index contributed by atoms with van der Waals surface area (Å²) in [7, 11) is 0. The summed E-state index contributed by atoms with van der Waals surface area (Å²) in [4.78, 5) is 29.9. The minimum Gasteiger partial charge on any atom is -0.362 e. The van der Waals surface area contributed by atoms with Crippen molar-refractivity contribution in [2.24, 2.45) is 11.8 Å². The third kappa shape index (κ3) is 7.15. The second kappa shape index (κ2) is 11.3. The van der Waals surface area contributed by atoms with Gasteiger partial charge in [-0.2, -0.15) is 18.3 Å². The van der Waals surface area contributed by atoms with Crippen LogP contribution in [0.2, 0.25) is 0 Å². The molecule has 0 saturated heterocycles. The van der Waals surface area contributed by atoms with Crippen LogP contribution in [0.1, 0.15) is 78.0 Å². The van der Waals surface area contributed by atoms with Gasteiger partial charge in [0.15, 0.2) is 11.3 Å². The molecule has 222 valence electrons. The molecule has 3 aromatic rings. The summed E-state index contributed by atoms with van der Waals surface area (Å²) in [6, 6.07) is 0.452. The molecule has 2 fully saturated rings. The number of carbonyl (C=O) groups excluding carboxylic acids is 2. The van der Waals surface area contributed by atoms with E-state index in [-0.39, 0.29) is 48.9 Å². The fraction of sp³-hybridized carbons (Fsp3) is 0.600. The van der Waals surface area contributed by atoms with Crippen LogP contribution in [0.3, 0.4) is 0 Å². The van der Waals surface area contributed by atoms with Gasteiger partial charge in [-0.25, -0.2) is 22.9 Å². The van der Waals surface area contributed by atoms with Crippen LogP contribution in [0.15, 0.2) is 23.1 Å². The molecule has 5 rings (SSSR count). The number of ether oxygens (including phenoxy) is 1. The lowest BCUT2D eigenvalue weighted by Gasteiger charge is -2.33. The second-order valence-corrected chi connectivity index (χ2v) is 10.6. The zero-order valence-corrected chi connectivity index (χ0v) is 22.0. The highest BCUT2D eigenvalue weighted by Crippen LogP contribution is 2.42. The number of alkyl halides is 5. The van der Waals surface area contributed by atoms with E-state index in [9.17, 15) is 31.5 Å². The first-order chi connectivity index (χ1) is 19.4. The van der Waals surface area contributed by atoms with Crippen LogP contribution in [-0.4, -0.2) is 62.0 Å². The molecule has 2 amide bonds. The maximum absolute atomic E-state index is 13.9. The van der Waals surface area contributed by atoms with Crippen molar-refractivity contribution in [3.05, 3.63) is 41.1 Å². The van der Waals surface area contributed by atoms with Crippen molar-refractivity contribution in [2.75, 3.05) is 13.2 Å². The lowest BCUT2D eigenvalue weighted by molar-refractivity contribution is -0.175. The molecule has 0 aromatic carbocycles. The average molecular weight is 586 g/mol. The van der Waals surface area contributed by atoms with Crippen molar-refractivity contribution < 1.29 is 40.9 Å². The summed E-state index contributed by atoms with van der Waals surface area (Å²) < 4.78 is 75.4. The minimum absolute atomic E-state index is 0.0254. The fourth-order valence-corrected chi connectivity index (χ4v) is 5.08. The number of fused-ring (bicyclic) bond motifs is 1. The molecule has 41 heavy (non-hydrogen) atoms. The predicted molar refractivity (Wildman–Crippen MR) is 130 cm³/mol. The van der Waals surface area contributed by atoms with Crippen molar-refractivity contribution >= 4 is 17.5 Å². The van der Waals surface area contributed by atoms with Crippen LogP contribution in [0.5, 0.6) is 0 Å². The molecule has 11 nitrogen and oxygen atoms in total. The molecular weight excluding hydrogens is 557 g/mol. The Morgan fingerprint density at radius 3 is 2.46 bits per heavy atom.